The Hall–Kier alpha value is -1.27. The lowest BCUT2D eigenvalue weighted by Gasteiger charge is -2.27. The van der Waals surface area contributed by atoms with Gasteiger partial charge in [0.25, 0.3) is 0 Å². The maximum Gasteiger partial charge on any atom is 0.172 e. The second-order valence-electron chi connectivity index (χ2n) is 4.32. The number of oxime groups is 1. The number of nitrogens with two attached hydrogens (primary N) is 1. The van der Waals surface area contributed by atoms with Gasteiger partial charge >= 0.3 is 0 Å². The van der Waals surface area contributed by atoms with Crippen molar-refractivity contribution in [1.82, 2.24) is 0 Å². The molecule has 1 aromatic rings. The van der Waals surface area contributed by atoms with Crippen LogP contribution in [0.3, 0.4) is 0 Å². The van der Waals surface area contributed by atoms with Gasteiger partial charge in [0.15, 0.2) is 5.84 Å². The van der Waals surface area contributed by atoms with Crippen molar-refractivity contribution in [3.63, 3.8) is 0 Å². The van der Waals surface area contributed by atoms with Gasteiger partial charge in [-0.15, -0.1) is 0 Å². The summed E-state index contributed by atoms with van der Waals surface area (Å²) < 4.78 is 0.868. The third kappa shape index (κ3) is 2.44. The Morgan fingerprint density at radius 1 is 1.56 bits per heavy atom. The minimum Gasteiger partial charge on any atom is -0.409 e. The molecule has 0 radical (unpaired) electrons. The SMILES string of the molecule is N/C(=N/O)c1cc(Br)ccc1N1CCCC1CO. The Morgan fingerprint density at radius 3 is 3.00 bits per heavy atom. The van der Waals surface area contributed by atoms with E-state index in [0.29, 0.717) is 5.56 Å². The number of benzene rings is 1. The Bertz CT molecular complexity index is 465. The third-order valence-electron chi connectivity index (χ3n) is 3.24. The number of anilines is 1. The van der Waals surface area contributed by atoms with E-state index in [4.69, 9.17) is 10.9 Å². The van der Waals surface area contributed by atoms with Gasteiger partial charge in [-0.3, -0.25) is 0 Å². The summed E-state index contributed by atoms with van der Waals surface area (Å²) in [7, 11) is 0. The first-order valence-corrected chi connectivity index (χ1v) is 6.61. The highest BCUT2D eigenvalue weighted by Gasteiger charge is 2.26. The van der Waals surface area contributed by atoms with Crippen LogP contribution in [0, 0.1) is 0 Å². The molecule has 0 bridgehead atoms. The molecule has 1 aromatic carbocycles. The summed E-state index contributed by atoms with van der Waals surface area (Å²) in [6, 6.07) is 5.76. The van der Waals surface area contributed by atoms with Crippen molar-refractivity contribution < 1.29 is 10.3 Å². The van der Waals surface area contributed by atoms with Crippen molar-refractivity contribution >= 4 is 27.5 Å². The van der Waals surface area contributed by atoms with Crippen molar-refractivity contribution in [3.05, 3.63) is 28.2 Å². The zero-order chi connectivity index (χ0) is 13.1. The average Bonchev–Trinajstić information content (AvgIpc) is 2.85. The van der Waals surface area contributed by atoms with Gasteiger partial charge in [-0.1, -0.05) is 21.1 Å². The molecule has 4 N–H and O–H groups in total. The summed E-state index contributed by atoms with van der Waals surface area (Å²) in [4.78, 5) is 2.11. The number of aliphatic hydroxyl groups excluding tert-OH is 1. The zero-order valence-electron chi connectivity index (χ0n) is 9.88. The van der Waals surface area contributed by atoms with Crippen LogP contribution in [0.25, 0.3) is 0 Å². The van der Waals surface area contributed by atoms with Crippen molar-refractivity contribution in [1.29, 1.82) is 0 Å². The standard InChI is InChI=1S/C12H16BrN3O2/c13-8-3-4-11(10(6-8)12(14)15-18)16-5-1-2-9(16)7-17/h3-4,6,9,17-18H,1-2,5,7H2,(H2,14,15). The summed E-state index contributed by atoms with van der Waals surface area (Å²) >= 11 is 3.37. The molecule has 1 heterocycles. The molecular formula is C12H16BrN3O2. The predicted molar refractivity (Wildman–Crippen MR) is 74.1 cm³/mol. The van der Waals surface area contributed by atoms with Gasteiger partial charge in [0, 0.05) is 22.3 Å². The second kappa shape index (κ2) is 5.58. The van der Waals surface area contributed by atoms with Gasteiger partial charge in [0.05, 0.1) is 12.6 Å². The maximum atomic E-state index is 9.38. The topological polar surface area (TPSA) is 82.1 Å². The molecule has 0 aliphatic carbocycles. The Balaban J connectivity index is 2.43. The summed E-state index contributed by atoms with van der Waals surface area (Å²) in [5.41, 5.74) is 7.28. The molecule has 0 amide bonds. The quantitative estimate of drug-likeness (QED) is 0.342. The monoisotopic (exact) mass is 313 g/mol. The Kier molecular flexibility index (Phi) is 4.08. The van der Waals surface area contributed by atoms with Crippen LogP contribution in [0.5, 0.6) is 0 Å². The number of amidine groups is 1. The number of hydrogen-bond acceptors (Lipinski definition) is 4. The number of halogens is 1. The number of aliphatic hydroxyl groups is 1. The van der Waals surface area contributed by atoms with E-state index >= 15 is 0 Å². The number of rotatable bonds is 3. The molecule has 98 valence electrons. The van der Waals surface area contributed by atoms with Crippen molar-refractivity contribution in [3.8, 4) is 0 Å². The molecule has 0 aromatic heterocycles. The molecule has 1 unspecified atom stereocenters. The molecule has 0 saturated carbocycles. The first-order valence-electron chi connectivity index (χ1n) is 5.82. The fourth-order valence-corrected chi connectivity index (χ4v) is 2.72. The van der Waals surface area contributed by atoms with Crippen LogP contribution in [0.15, 0.2) is 27.8 Å². The molecular weight excluding hydrogens is 298 g/mol. The second-order valence-corrected chi connectivity index (χ2v) is 5.23. The smallest absolute Gasteiger partial charge is 0.172 e. The van der Waals surface area contributed by atoms with Gasteiger partial charge in [0.2, 0.25) is 0 Å². The van der Waals surface area contributed by atoms with E-state index in [-0.39, 0.29) is 18.5 Å². The van der Waals surface area contributed by atoms with Crippen LogP contribution in [-0.2, 0) is 0 Å². The number of nitrogens with zero attached hydrogens (tertiary/aromatic N) is 2. The lowest BCUT2D eigenvalue weighted by molar-refractivity contribution is 0.266. The maximum absolute atomic E-state index is 9.38. The molecule has 0 spiro atoms. The molecule has 1 aliphatic rings. The zero-order valence-corrected chi connectivity index (χ0v) is 11.5. The molecule has 2 rings (SSSR count). The lowest BCUT2D eigenvalue weighted by atomic mass is 10.1. The van der Waals surface area contributed by atoms with E-state index in [1.165, 1.54) is 0 Å². The molecule has 1 fully saturated rings. The predicted octanol–water partition coefficient (Wildman–Crippen LogP) is 1.50. The van der Waals surface area contributed by atoms with E-state index in [9.17, 15) is 5.11 Å². The van der Waals surface area contributed by atoms with Gasteiger partial charge < -0.3 is 20.9 Å². The molecule has 6 heteroatoms. The van der Waals surface area contributed by atoms with Crippen LogP contribution in [0.4, 0.5) is 5.69 Å². The van der Waals surface area contributed by atoms with Crippen LogP contribution < -0.4 is 10.6 Å². The fraction of sp³-hybridized carbons (Fsp3) is 0.417. The highest BCUT2D eigenvalue weighted by atomic mass is 79.9. The fourth-order valence-electron chi connectivity index (χ4n) is 2.36. The van der Waals surface area contributed by atoms with Crippen molar-refractivity contribution in [2.24, 2.45) is 10.9 Å². The normalized spacial score (nSPS) is 20.4. The molecule has 1 saturated heterocycles. The van der Waals surface area contributed by atoms with E-state index in [1.807, 2.05) is 18.2 Å². The summed E-state index contributed by atoms with van der Waals surface area (Å²) in [5.74, 6) is 0.0786. The molecule has 1 aliphatic heterocycles. The summed E-state index contributed by atoms with van der Waals surface area (Å²) in [5, 5.41) is 21.3. The lowest BCUT2D eigenvalue weighted by Crippen LogP contribution is -2.34. The Labute approximate surface area is 114 Å². The summed E-state index contributed by atoms with van der Waals surface area (Å²) in [6.45, 7) is 0.990. The number of hydrogen-bond donors (Lipinski definition) is 3. The Morgan fingerprint density at radius 2 is 2.33 bits per heavy atom. The summed E-state index contributed by atoms with van der Waals surface area (Å²) in [6.07, 6.45) is 2.00. The highest BCUT2D eigenvalue weighted by Crippen LogP contribution is 2.30. The van der Waals surface area contributed by atoms with Crippen LogP contribution in [-0.4, -0.2) is 35.3 Å². The van der Waals surface area contributed by atoms with Gasteiger partial charge in [-0.25, -0.2) is 0 Å². The van der Waals surface area contributed by atoms with Gasteiger partial charge in [-0.05, 0) is 31.0 Å². The van der Waals surface area contributed by atoms with Crippen LogP contribution in [0.2, 0.25) is 0 Å². The van der Waals surface area contributed by atoms with Crippen LogP contribution >= 0.6 is 15.9 Å². The highest BCUT2D eigenvalue weighted by molar-refractivity contribution is 9.10. The van der Waals surface area contributed by atoms with E-state index < -0.39 is 0 Å². The molecule has 1 atom stereocenters. The first-order chi connectivity index (χ1) is 8.67. The van der Waals surface area contributed by atoms with E-state index in [2.05, 4.69) is 26.0 Å². The van der Waals surface area contributed by atoms with Crippen LogP contribution in [0.1, 0.15) is 18.4 Å². The minimum atomic E-state index is 0.0786. The molecule has 18 heavy (non-hydrogen) atoms. The molecule has 5 nitrogen and oxygen atoms in total. The van der Waals surface area contributed by atoms with Crippen molar-refractivity contribution in [2.75, 3.05) is 18.1 Å². The van der Waals surface area contributed by atoms with Crippen molar-refractivity contribution in [2.45, 2.75) is 18.9 Å². The van der Waals surface area contributed by atoms with E-state index in [0.717, 1.165) is 29.5 Å². The average molecular weight is 314 g/mol. The van der Waals surface area contributed by atoms with Gasteiger partial charge in [0.1, 0.15) is 0 Å². The minimum absolute atomic E-state index is 0.0786. The third-order valence-corrected chi connectivity index (χ3v) is 3.73. The van der Waals surface area contributed by atoms with E-state index in [1.54, 1.807) is 0 Å². The van der Waals surface area contributed by atoms with Gasteiger partial charge in [-0.2, -0.15) is 0 Å². The largest absolute Gasteiger partial charge is 0.409 e. The first kappa shape index (κ1) is 13.2.